The average Bonchev–Trinajstić information content (AvgIpc) is 3.10. The van der Waals surface area contributed by atoms with Crippen molar-refractivity contribution < 1.29 is 4.79 Å². The second-order valence-electron chi connectivity index (χ2n) is 4.07. The van der Waals surface area contributed by atoms with Gasteiger partial charge in [-0.15, -0.1) is 0 Å². The van der Waals surface area contributed by atoms with Crippen molar-refractivity contribution in [1.82, 2.24) is 14.5 Å². The fourth-order valence-electron chi connectivity index (χ4n) is 1.92. The molecule has 92 valence electrons. The van der Waals surface area contributed by atoms with Crippen LogP contribution in [0.5, 0.6) is 0 Å². The van der Waals surface area contributed by atoms with Gasteiger partial charge in [0.1, 0.15) is 6.33 Å². The highest BCUT2D eigenvalue weighted by atomic mass is 32.2. The lowest BCUT2D eigenvalue weighted by Gasteiger charge is -2.15. The van der Waals surface area contributed by atoms with Crippen LogP contribution in [0, 0.1) is 5.92 Å². The Labute approximate surface area is 109 Å². The molecule has 6 heteroatoms. The second-order valence-corrected chi connectivity index (χ2v) is 5.11. The number of imidazole rings is 1. The maximum absolute atomic E-state index is 12.2. The normalized spacial score (nSPS) is 19.1. The summed E-state index contributed by atoms with van der Waals surface area (Å²) in [5.41, 5.74) is 1.04. The first-order chi connectivity index (χ1) is 8.84. The predicted molar refractivity (Wildman–Crippen MR) is 70.4 cm³/mol. The van der Waals surface area contributed by atoms with Crippen LogP contribution in [0.4, 0.5) is 5.69 Å². The van der Waals surface area contributed by atoms with Gasteiger partial charge in [0.25, 0.3) is 0 Å². The van der Waals surface area contributed by atoms with Gasteiger partial charge >= 0.3 is 0 Å². The quantitative estimate of drug-likeness (QED) is 0.769. The molecule has 0 amide bonds. The fourth-order valence-corrected chi connectivity index (χ4v) is 3.07. The standard InChI is InChI=1S/C12H12N4OS/c17-12(15-5-4-14-9-15)10-7-16(18-8-10)11-2-1-3-13-6-11/h1-6,9-10H,7-8H2. The van der Waals surface area contributed by atoms with Gasteiger partial charge in [-0.2, -0.15) is 0 Å². The van der Waals surface area contributed by atoms with Crippen LogP contribution in [0.1, 0.15) is 4.79 Å². The fraction of sp³-hybridized carbons (Fsp3) is 0.250. The highest BCUT2D eigenvalue weighted by Crippen LogP contribution is 2.31. The number of carbonyl (C=O) groups excluding carboxylic acids is 1. The zero-order chi connectivity index (χ0) is 12.4. The number of anilines is 1. The van der Waals surface area contributed by atoms with E-state index in [4.69, 9.17) is 0 Å². The lowest BCUT2D eigenvalue weighted by molar-refractivity contribution is 0.0856. The largest absolute Gasteiger partial charge is 0.314 e. The van der Waals surface area contributed by atoms with E-state index < -0.39 is 0 Å². The van der Waals surface area contributed by atoms with E-state index in [9.17, 15) is 4.79 Å². The van der Waals surface area contributed by atoms with Crippen LogP contribution in [0.25, 0.3) is 0 Å². The van der Waals surface area contributed by atoms with E-state index >= 15 is 0 Å². The highest BCUT2D eigenvalue weighted by molar-refractivity contribution is 8.00. The van der Waals surface area contributed by atoms with E-state index in [-0.39, 0.29) is 11.8 Å². The third kappa shape index (κ3) is 2.11. The van der Waals surface area contributed by atoms with Gasteiger partial charge in [-0.3, -0.25) is 14.3 Å². The Hall–Kier alpha value is -1.82. The third-order valence-electron chi connectivity index (χ3n) is 2.86. The van der Waals surface area contributed by atoms with Crippen molar-refractivity contribution in [2.24, 2.45) is 5.92 Å². The van der Waals surface area contributed by atoms with Crippen LogP contribution in [0.2, 0.25) is 0 Å². The first-order valence-corrected chi connectivity index (χ1v) is 6.61. The minimum Gasteiger partial charge on any atom is -0.314 e. The van der Waals surface area contributed by atoms with Crippen molar-refractivity contribution >= 4 is 23.5 Å². The maximum Gasteiger partial charge on any atom is 0.237 e. The van der Waals surface area contributed by atoms with Gasteiger partial charge in [-0.25, -0.2) is 4.98 Å². The van der Waals surface area contributed by atoms with Crippen LogP contribution < -0.4 is 4.31 Å². The number of carbonyl (C=O) groups is 1. The maximum atomic E-state index is 12.2. The van der Waals surface area contributed by atoms with Crippen molar-refractivity contribution in [3.63, 3.8) is 0 Å². The van der Waals surface area contributed by atoms with Crippen LogP contribution in [0.3, 0.4) is 0 Å². The topological polar surface area (TPSA) is 51.0 Å². The van der Waals surface area contributed by atoms with Gasteiger partial charge in [-0.05, 0) is 24.1 Å². The molecule has 1 fully saturated rings. The van der Waals surface area contributed by atoms with Crippen LogP contribution in [-0.2, 0) is 0 Å². The first-order valence-electron chi connectivity index (χ1n) is 5.67. The van der Waals surface area contributed by atoms with Gasteiger partial charge in [-0.1, -0.05) is 0 Å². The summed E-state index contributed by atoms with van der Waals surface area (Å²) in [6.45, 7) is 0.716. The smallest absolute Gasteiger partial charge is 0.237 e. The molecule has 5 nitrogen and oxygen atoms in total. The molecule has 0 bridgehead atoms. The van der Waals surface area contributed by atoms with E-state index in [2.05, 4.69) is 14.3 Å². The molecule has 2 aromatic rings. The lowest BCUT2D eigenvalue weighted by atomic mass is 10.1. The van der Waals surface area contributed by atoms with Crippen molar-refractivity contribution in [1.29, 1.82) is 0 Å². The molecule has 2 aromatic heterocycles. The van der Waals surface area contributed by atoms with Gasteiger partial charge in [0.05, 0.1) is 17.8 Å². The summed E-state index contributed by atoms with van der Waals surface area (Å²) in [4.78, 5) is 20.1. The van der Waals surface area contributed by atoms with E-state index in [0.29, 0.717) is 6.54 Å². The minimum atomic E-state index is 0.00408. The third-order valence-corrected chi connectivity index (χ3v) is 4.08. The number of hydrogen-bond acceptors (Lipinski definition) is 5. The Morgan fingerprint density at radius 2 is 2.33 bits per heavy atom. The molecule has 1 aliphatic rings. The van der Waals surface area contributed by atoms with Crippen molar-refractivity contribution in [3.8, 4) is 0 Å². The van der Waals surface area contributed by atoms with E-state index in [1.54, 1.807) is 41.4 Å². The molecule has 0 spiro atoms. The van der Waals surface area contributed by atoms with Gasteiger partial charge in [0.2, 0.25) is 5.91 Å². The highest BCUT2D eigenvalue weighted by Gasteiger charge is 2.30. The lowest BCUT2D eigenvalue weighted by Crippen LogP contribution is -2.25. The molecule has 0 radical (unpaired) electrons. The van der Waals surface area contributed by atoms with E-state index in [1.165, 1.54) is 0 Å². The molecular formula is C12H12N4OS. The number of rotatable bonds is 2. The Morgan fingerprint density at radius 1 is 1.39 bits per heavy atom. The van der Waals surface area contributed by atoms with Gasteiger partial charge < -0.3 is 4.31 Å². The Kier molecular flexibility index (Phi) is 3.02. The average molecular weight is 260 g/mol. The summed E-state index contributed by atoms with van der Waals surface area (Å²) in [5, 5.41) is 0. The van der Waals surface area contributed by atoms with Crippen molar-refractivity contribution in [2.45, 2.75) is 0 Å². The summed E-state index contributed by atoms with van der Waals surface area (Å²) in [5.74, 6) is 0.905. The van der Waals surface area contributed by atoms with E-state index in [1.807, 2.05) is 18.3 Å². The van der Waals surface area contributed by atoms with Crippen molar-refractivity contribution in [2.75, 3.05) is 16.6 Å². The molecule has 0 aromatic carbocycles. The molecule has 0 aliphatic carbocycles. The summed E-state index contributed by atoms with van der Waals surface area (Å²) in [7, 11) is 0. The van der Waals surface area contributed by atoms with Gasteiger partial charge in [0.15, 0.2) is 0 Å². The number of pyridine rings is 1. The van der Waals surface area contributed by atoms with E-state index in [0.717, 1.165) is 11.4 Å². The van der Waals surface area contributed by atoms with Gasteiger partial charge in [0, 0.05) is 30.9 Å². The molecule has 18 heavy (non-hydrogen) atoms. The SMILES string of the molecule is O=C(C1CSN(c2cccnc2)C1)n1ccnc1. The van der Waals surface area contributed by atoms with Crippen LogP contribution in [-0.4, -0.2) is 32.7 Å². The monoisotopic (exact) mass is 260 g/mol. The number of aromatic nitrogens is 3. The summed E-state index contributed by atoms with van der Waals surface area (Å²) in [6.07, 6.45) is 8.44. The Bertz CT molecular complexity index is 528. The minimum absolute atomic E-state index is 0.00408. The number of nitrogens with zero attached hydrogens (tertiary/aromatic N) is 4. The molecule has 1 aliphatic heterocycles. The predicted octanol–water partition coefficient (Wildman–Crippen LogP) is 1.70. The Morgan fingerprint density at radius 3 is 3.06 bits per heavy atom. The van der Waals surface area contributed by atoms with Crippen LogP contribution >= 0.6 is 11.9 Å². The zero-order valence-electron chi connectivity index (χ0n) is 9.64. The van der Waals surface area contributed by atoms with Crippen LogP contribution in [0.15, 0.2) is 43.2 Å². The second kappa shape index (κ2) is 4.81. The first kappa shape index (κ1) is 11.3. The zero-order valence-corrected chi connectivity index (χ0v) is 10.5. The molecule has 1 saturated heterocycles. The molecule has 0 saturated carbocycles. The molecule has 1 atom stereocenters. The number of hydrogen-bond donors (Lipinski definition) is 0. The molecule has 3 heterocycles. The summed E-state index contributed by atoms with van der Waals surface area (Å²) in [6, 6.07) is 3.91. The molecule has 1 unspecified atom stereocenters. The summed E-state index contributed by atoms with van der Waals surface area (Å²) >= 11 is 1.67. The summed E-state index contributed by atoms with van der Waals surface area (Å²) < 4.78 is 3.67. The molecule has 0 N–H and O–H groups in total. The molecule has 3 rings (SSSR count). The molecular weight excluding hydrogens is 248 g/mol. The Balaban J connectivity index is 1.71. The van der Waals surface area contributed by atoms with Crippen molar-refractivity contribution in [3.05, 3.63) is 43.2 Å².